The largest absolute Gasteiger partial charge is 0.416 e. The predicted octanol–water partition coefficient (Wildman–Crippen LogP) is 0.712. The van der Waals surface area contributed by atoms with Crippen molar-refractivity contribution < 1.29 is 9.21 Å². The van der Waals surface area contributed by atoms with Crippen molar-refractivity contribution in [2.24, 2.45) is 5.73 Å². The van der Waals surface area contributed by atoms with Gasteiger partial charge in [-0.15, -0.1) is 10.2 Å². The fourth-order valence-electron chi connectivity index (χ4n) is 1.36. The van der Waals surface area contributed by atoms with Crippen LogP contribution in [-0.4, -0.2) is 33.4 Å². The Morgan fingerprint density at radius 2 is 2.24 bits per heavy atom. The van der Waals surface area contributed by atoms with Crippen molar-refractivity contribution in [1.82, 2.24) is 15.5 Å². The number of nitrogens with two attached hydrogens (primary N) is 1. The van der Waals surface area contributed by atoms with E-state index < -0.39 is 11.4 Å². The number of amides is 1. The van der Waals surface area contributed by atoms with E-state index in [-0.39, 0.29) is 6.04 Å². The van der Waals surface area contributed by atoms with Crippen LogP contribution in [0.2, 0.25) is 0 Å². The lowest BCUT2D eigenvalue weighted by molar-refractivity contribution is -0.123. The minimum absolute atomic E-state index is 0.164. The summed E-state index contributed by atoms with van der Waals surface area (Å²) in [4.78, 5) is 11.5. The highest BCUT2D eigenvalue weighted by Crippen LogP contribution is 2.21. The second-order valence-electron chi connectivity index (χ2n) is 4.37. The third kappa shape index (κ3) is 4.01. The zero-order chi connectivity index (χ0) is 13.1. The van der Waals surface area contributed by atoms with Gasteiger partial charge in [0.15, 0.2) is 0 Å². The maximum Gasteiger partial charge on any atom is 0.276 e. The van der Waals surface area contributed by atoms with E-state index in [1.165, 1.54) is 11.8 Å². The Bertz CT molecular complexity index is 393. The summed E-state index contributed by atoms with van der Waals surface area (Å²) in [6.07, 6.45) is 0. The first-order valence-electron chi connectivity index (χ1n) is 5.34. The number of carbonyl (C=O) groups excluding carboxylic acids is 1. The lowest BCUT2D eigenvalue weighted by Crippen LogP contribution is -2.57. The second kappa shape index (κ2) is 5.50. The van der Waals surface area contributed by atoms with Crippen molar-refractivity contribution in [3.8, 4) is 0 Å². The topological polar surface area (TPSA) is 94.0 Å². The van der Waals surface area contributed by atoms with E-state index in [0.717, 1.165) is 0 Å². The molecule has 1 aromatic heterocycles. The highest BCUT2D eigenvalue weighted by molar-refractivity contribution is 7.99. The van der Waals surface area contributed by atoms with Crippen molar-refractivity contribution in [1.29, 1.82) is 0 Å². The van der Waals surface area contributed by atoms with Crippen LogP contribution < -0.4 is 11.1 Å². The van der Waals surface area contributed by atoms with Crippen LogP contribution in [0.3, 0.4) is 0 Å². The fourth-order valence-corrected chi connectivity index (χ4v) is 2.28. The molecule has 1 aromatic rings. The minimum Gasteiger partial charge on any atom is -0.416 e. The third-order valence-corrected chi connectivity index (χ3v) is 3.28. The maximum atomic E-state index is 11.5. The van der Waals surface area contributed by atoms with E-state index in [1.54, 1.807) is 13.8 Å². The molecule has 0 aromatic carbocycles. The summed E-state index contributed by atoms with van der Waals surface area (Å²) in [5.41, 5.74) is 4.62. The molecule has 1 rings (SSSR count). The molecule has 0 fully saturated rings. The van der Waals surface area contributed by atoms with Gasteiger partial charge in [0, 0.05) is 18.7 Å². The molecule has 96 valence electrons. The first-order valence-corrected chi connectivity index (χ1v) is 6.32. The van der Waals surface area contributed by atoms with Gasteiger partial charge < -0.3 is 15.5 Å². The average Bonchev–Trinajstić information content (AvgIpc) is 2.60. The standard InChI is InChI=1S/C10H18N4O2S/c1-6(2)12-10(4,8(11)15)5-17-9-14-13-7(3)16-9/h6,12H,5H2,1-4H3,(H2,11,15). The van der Waals surface area contributed by atoms with Crippen LogP contribution in [0, 0.1) is 6.92 Å². The molecule has 17 heavy (non-hydrogen) atoms. The maximum absolute atomic E-state index is 11.5. The van der Waals surface area contributed by atoms with Crippen molar-refractivity contribution in [3.05, 3.63) is 5.89 Å². The van der Waals surface area contributed by atoms with Gasteiger partial charge in [-0.2, -0.15) is 0 Å². The zero-order valence-electron chi connectivity index (χ0n) is 10.5. The number of carbonyl (C=O) groups is 1. The number of hydrogen-bond donors (Lipinski definition) is 2. The number of nitrogens with zero attached hydrogens (tertiary/aromatic N) is 2. The summed E-state index contributed by atoms with van der Waals surface area (Å²) in [5, 5.41) is 11.2. The average molecular weight is 258 g/mol. The van der Waals surface area contributed by atoms with Gasteiger partial charge in [-0.05, 0) is 20.8 Å². The Kier molecular flexibility index (Phi) is 4.53. The molecule has 0 spiro atoms. The number of aryl methyl sites for hydroxylation is 1. The van der Waals surface area contributed by atoms with Crippen LogP contribution >= 0.6 is 11.8 Å². The van der Waals surface area contributed by atoms with E-state index >= 15 is 0 Å². The van der Waals surface area contributed by atoms with Crippen LogP contribution in [0.15, 0.2) is 9.64 Å². The Balaban J connectivity index is 2.64. The minimum atomic E-state index is -0.790. The number of rotatable bonds is 6. The van der Waals surface area contributed by atoms with Gasteiger partial charge in [0.05, 0.1) is 0 Å². The molecule has 0 bridgehead atoms. The Labute approximate surface area is 105 Å². The van der Waals surface area contributed by atoms with Gasteiger partial charge >= 0.3 is 0 Å². The fraction of sp³-hybridized carbons (Fsp3) is 0.700. The highest BCUT2D eigenvalue weighted by Gasteiger charge is 2.32. The summed E-state index contributed by atoms with van der Waals surface area (Å²) in [6.45, 7) is 7.41. The molecular formula is C10H18N4O2S. The number of hydrogen-bond acceptors (Lipinski definition) is 6. The van der Waals surface area contributed by atoms with E-state index in [2.05, 4.69) is 15.5 Å². The number of aromatic nitrogens is 2. The third-order valence-electron chi connectivity index (χ3n) is 2.14. The Morgan fingerprint density at radius 3 is 2.65 bits per heavy atom. The molecule has 7 heteroatoms. The van der Waals surface area contributed by atoms with Crippen molar-refractivity contribution in [2.75, 3.05) is 5.75 Å². The quantitative estimate of drug-likeness (QED) is 0.730. The first kappa shape index (κ1) is 14.0. The Hall–Kier alpha value is -1.08. The van der Waals surface area contributed by atoms with Crippen LogP contribution in [0.1, 0.15) is 26.7 Å². The second-order valence-corrected chi connectivity index (χ2v) is 5.30. The summed E-state index contributed by atoms with van der Waals surface area (Å²) in [7, 11) is 0. The number of nitrogens with one attached hydrogen (secondary N) is 1. The molecule has 0 saturated heterocycles. The Morgan fingerprint density at radius 1 is 1.59 bits per heavy atom. The van der Waals surface area contributed by atoms with E-state index in [1.807, 2.05) is 13.8 Å². The van der Waals surface area contributed by atoms with Crippen LogP contribution in [0.4, 0.5) is 0 Å². The van der Waals surface area contributed by atoms with Crippen LogP contribution in [0.5, 0.6) is 0 Å². The highest BCUT2D eigenvalue weighted by atomic mass is 32.2. The van der Waals surface area contributed by atoms with Gasteiger partial charge in [-0.1, -0.05) is 11.8 Å². The van der Waals surface area contributed by atoms with Crippen molar-refractivity contribution in [3.63, 3.8) is 0 Å². The molecule has 1 atom stereocenters. The SMILES string of the molecule is Cc1nnc(SCC(C)(NC(C)C)C(N)=O)o1. The van der Waals surface area contributed by atoms with Gasteiger partial charge in [0.2, 0.25) is 11.8 Å². The lowest BCUT2D eigenvalue weighted by atomic mass is 10.0. The van der Waals surface area contributed by atoms with Crippen molar-refractivity contribution >= 4 is 17.7 Å². The zero-order valence-corrected chi connectivity index (χ0v) is 11.3. The molecule has 0 saturated carbocycles. The molecular weight excluding hydrogens is 240 g/mol. The normalized spacial score (nSPS) is 14.9. The van der Waals surface area contributed by atoms with E-state index in [4.69, 9.17) is 10.2 Å². The summed E-state index contributed by atoms with van der Waals surface area (Å²) >= 11 is 1.31. The molecule has 0 aliphatic rings. The molecule has 1 amide bonds. The number of primary amides is 1. The first-order chi connectivity index (χ1) is 7.83. The molecule has 0 aliphatic heterocycles. The lowest BCUT2D eigenvalue weighted by Gasteiger charge is -2.28. The van der Waals surface area contributed by atoms with Crippen LogP contribution in [-0.2, 0) is 4.79 Å². The van der Waals surface area contributed by atoms with Crippen LogP contribution in [0.25, 0.3) is 0 Å². The summed E-state index contributed by atoms with van der Waals surface area (Å²) in [5.74, 6) is 0.558. The van der Waals surface area contributed by atoms with Gasteiger partial charge in [-0.3, -0.25) is 4.79 Å². The van der Waals surface area contributed by atoms with Gasteiger partial charge in [0.1, 0.15) is 5.54 Å². The molecule has 3 N–H and O–H groups in total. The van der Waals surface area contributed by atoms with Crippen molar-refractivity contribution in [2.45, 2.75) is 44.5 Å². The summed E-state index contributed by atoms with van der Waals surface area (Å²) < 4.78 is 5.22. The molecule has 0 radical (unpaired) electrons. The molecule has 1 heterocycles. The van der Waals surface area contributed by atoms with E-state index in [9.17, 15) is 4.79 Å². The summed E-state index contributed by atoms with van der Waals surface area (Å²) in [6, 6.07) is 0.164. The predicted molar refractivity (Wildman–Crippen MR) is 65.6 cm³/mol. The molecule has 1 unspecified atom stereocenters. The smallest absolute Gasteiger partial charge is 0.276 e. The van der Waals surface area contributed by atoms with Gasteiger partial charge in [0.25, 0.3) is 5.22 Å². The monoisotopic (exact) mass is 258 g/mol. The van der Waals surface area contributed by atoms with Gasteiger partial charge in [-0.25, -0.2) is 0 Å². The molecule has 0 aliphatic carbocycles. The van der Waals surface area contributed by atoms with E-state index in [0.29, 0.717) is 16.9 Å². The number of thioether (sulfide) groups is 1. The molecule has 6 nitrogen and oxygen atoms in total.